The summed E-state index contributed by atoms with van der Waals surface area (Å²) in [4.78, 5) is 74.4. The van der Waals surface area contributed by atoms with Gasteiger partial charge in [-0.15, -0.1) is 0 Å². The molecule has 2 aromatic rings. The topological polar surface area (TPSA) is 262 Å². The zero-order chi connectivity index (χ0) is 49.7. The van der Waals surface area contributed by atoms with E-state index in [0.717, 1.165) is 0 Å². The van der Waals surface area contributed by atoms with Crippen LogP contribution >= 0.6 is 22.8 Å². The van der Waals surface area contributed by atoms with E-state index in [2.05, 4.69) is 26.6 Å². The van der Waals surface area contributed by atoms with Crippen LogP contribution in [0.5, 0.6) is 0 Å². The normalized spacial score (nSPS) is 16.0. The van der Waals surface area contributed by atoms with Gasteiger partial charge >= 0.3 is 22.8 Å². The molecule has 4 rings (SSSR count). The minimum atomic E-state index is -3.63. The summed E-state index contributed by atoms with van der Waals surface area (Å²) in [5.41, 5.74) is 1.74. The Bertz CT molecular complexity index is 2030. The number of anilines is 2. The second-order valence-corrected chi connectivity index (χ2v) is 21.6. The molecule has 5 N–H and O–H groups in total. The molecule has 1 heterocycles. The Morgan fingerprint density at radius 1 is 0.485 bits per heavy atom. The molecule has 0 aromatic heterocycles. The van der Waals surface area contributed by atoms with Crippen molar-refractivity contribution in [1.29, 1.82) is 0 Å². The maximum atomic E-state index is 14.4. The summed E-state index contributed by atoms with van der Waals surface area (Å²) < 4.78 is 71.8. The second kappa shape index (κ2) is 28.1. The molecule has 2 aliphatic rings. The number of nitrogens with zero attached hydrogens (tertiary/aromatic N) is 3. The summed E-state index contributed by atoms with van der Waals surface area (Å²) in [6.45, 7) is 11.8. The second-order valence-electron chi connectivity index (χ2n) is 15.4. The van der Waals surface area contributed by atoms with Crippen molar-refractivity contribution in [3.05, 3.63) is 58.7 Å². The average Bonchev–Trinajstić information content (AvgIpc) is 3.29. The highest BCUT2D eigenvalue weighted by atomic mass is 31.2. The molecule has 0 saturated heterocycles. The van der Waals surface area contributed by atoms with Gasteiger partial charge in [-0.25, -0.2) is 0 Å². The summed E-state index contributed by atoms with van der Waals surface area (Å²) in [6, 6.07) is 10.0. The van der Waals surface area contributed by atoms with Gasteiger partial charge < -0.3 is 53.7 Å². The van der Waals surface area contributed by atoms with Crippen molar-refractivity contribution in [2.24, 2.45) is 0 Å². The SMILES string of the molecule is CCOP(=O)(CNC(=O)CN1CCNc2cccc3c2C(=O)c2c(cccc2C3=O)NCCN(CC(=O)NCP(=O)(OCC)OCC)CCN(CC(=O)NCP(=O)(OCC)OCC)CC1)OCC. The molecule has 0 spiro atoms. The molecule has 3 amide bonds. The maximum absolute atomic E-state index is 14.4. The van der Waals surface area contributed by atoms with Gasteiger partial charge in [0.25, 0.3) is 0 Å². The molecule has 2 bridgehead atoms. The lowest BCUT2D eigenvalue weighted by molar-refractivity contribution is -0.123. The summed E-state index contributed by atoms with van der Waals surface area (Å²) in [7, 11) is -10.9. The fourth-order valence-electron chi connectivity index (χ4n) is 7.51. The molecule has 1 aliphatic heterocycles. The van der Waals surface area contributed by atoms with Gasteiger partial charge in [0.1, 0.15) is 18.9 Å². The van der Waals surface area contributed by atoms with Crippen molar-refractivity contribution in [2.45, 2.75) is 41.5 Å². The van der Waals surface area contributed by atoms with E-state index in [1.165, 1.54) is 0 Å². The molecular formula is C43H69N8O14P3. The third kappa shape index (κ3) is 17.2. The van der Waals surface area contributed by atoms with Crippen LogP contribution in [0, 0.1) is 0 Å². The summed E-state index contributed by atoms with van der Waals surface area (Å²) >= 11 is 0. The lowest BCUT2D eigenvalue weighted by Crippen LogP contribution is -2.48. The van der Waals surface area contributed by atoms with Crippen molar-refractivity contribution in [3.63, 3.8) is 0 Å². The number of rotatable bonds is 24. The molecule has 0 fully saturated rings. The first-order chi connectivity index (χ1) is 32.6. The van der Waals surface area contributed by atoms with Crippen LogP contribution in [0.25, 0.3) is 0 Å². The van der Waals surface area contributed by atoms with E-state index in [-0.39, 0.29) is 164 Å². The first-order valence-electron chi connectivity index (χ1n) is 23.0. The van der Waals surface area contributed by atoms with Gasteiger partial charge in [-0.05, 0) is 53.7 Å². The van der Waals surface area contributed by atoms with E-state index in [1.54, 1.807) is 87.7 Å². The van der Waals surface area contributed by atoms with Gasteiger partial charge in [-0.1, -0.05) is 24.3 Å². The van der Waals surface area contributed by atoms with Gasteiger partial charge in [-0.3, -0.25) is 52.4 Å². The minimum absolute atomic E-state index is 0.105. The fraction of sp³-hybridized carbons (Fsp3) is 0.605. The number of benzene rings is 2. The Hall–Kier alpha value is -3.88. The van der Waals surface area contributed by atoms with Crippen LogP contribution in [0.3, 0.4) is 0 Å². The monoisotopic (exact) mass is 1010 g/mol. The summed E-state index contributed by atoms with van der Waals surface area (Å²) in [5.74, 6) is -2.12. The third-order valence-corrected chi connectivity index (χ3v) is 16.0. The molecule has 0 radical (unpaired) electrons. The van der Waals surface area contributed by atoms with Crippen molar-refractivity contribution in [3.8, 4) is 0 Å². The van der Waals surface area contributed by atoms with Crippen molar-refractivity contribution < 1.29 is 64.8 Å². The van der Waals surface area contributed by atoms with Crippen LogP contribution in [0.15, 0.2) is 36.4 Å². The van der Waals surface area contributed by atoms with E-state index in [4.69, 9.17) is 27.1 Å². The summed E-state index contributed by atoms with van der Waals surface area (Å²) in [5, 5.41) is 14.6. The predicted octanol–water partition coefficient (Wildman–Crippen LogP) is 4.22. The lowest BCUT2D eigenvalue weighted by Gasteiger charge is -2.30. The smallest absolute Gasteiger partial charge is 0.349 e. The molecule has 22 nitrogen and oxygen atoms in total. The molecule has 0 atom stereocenters. The van der Waals surface area contributed by atoms with Crippen molar-refractivity contribution in [1.82, 2.24) is 30.7 Å². The van der Waals surface area contributed by atoms with Gasteiger partial charge in [0.2, 0.25) is 17.7 Å². The number of hydrogen-bond donors (Lipinski definition) is 5. The number of carbonyl (C=O) groups is 5. The van der Waals surface area contributed by atoms with Crippen molar-refractivity contribution >= 4 is 63.5 Å². The number of nitrogens with one attached hydrogen (secondary N) is 5. The Morgan fingerprint density at radius 2 is 0.779 bits per heavy atom. The largest absolute Gasteiger partial charge is 0.383 e. The molecule has 68 heavy (non-hydrogen) atoms. The Balaban J connectivity index is 1.69. The first-order valence-corrected chi connectivity index (χ1v) is 28.2. The molecule has 380 valence electrons. The maximum Gasteiger partial charge on any atom is 0.349 e. The lowest BCUT2D eigenvalue weighted by atomic mass is 9.82. The van der Waals surface area contributed by atoms with Crippen LogP contribution in [-0.2, 0) is 55.2 Å². The van der Waals surface area contributed by atoms with Gasteiger partial charge in [-0.2, -0.15) is 0 Å². The molecular weight excluding hydrogens is 945 g/mol. The van der Waals surface area contributed by atoms with Crippen LogP contribution in [0.2, 0.25) is 0 Å². The fourth-order valence-corrected chi connectivity index (χ4v) is 11.7. The highest BCUT2D eigenvalue weighted by Crippen LogP contribution is 2.48. The Morgan fingerprint density at radius 3 is 1.07 bits per heavy atom. The van der Waals surface area contributed by atoms with Crippen LogP contribution < -0.4 is 26.6 Å². The zero-order valence-electron chi connectivity index (χ0n) is 40.0. The highest BCUT2D eigenvalue weighted by Gasteiger charge is 2.34. The average molecular weight is 1010 g/mol. The van der Waals surface area contributed by atoms with Crippen LogP contribution in [-0.4, -0.2) is 174 Å². The van der Waals surface area contributed by atoms with Gasteiger partial charge in [0.05, 0.1) is 70.4 Å². The Kier molecular flexibility index (Phi) is 23.4. The van der Waals surface area contributed by atoms with E-state index in [0.29, 0.717) is 11.4 Å². The standard InChI is InChI=1S/C43H69N8O14P3/c1-7-60-66(57,61-8-2)30-46-37(52)27-49-21-19-44-35-17-13-15-33-40(35)43(56)41-34(42(33)55)16-14-18-36(41)45-20-22-50(28-38(53)47-31-67(58,62-9-3)63-10-4)24-26-51(25-23-49)29-39(54)48-32-68(59,64-11-5)65-12-6/h13-18,44-45H,7-12,19-32H2,1-6H3,(H,46,52)(H,47,53)(H,48,54). The molecule has 1 aliphatic carbocycles. The van der Waals surface area contributed by atoms with E-state index >= 15 is 0 Å². The third-order valence-electron chi connectivity index (χ3n) is 10.5. The van der Waals surface area contributed by atoms with Crippen LogP contribution in [0.1, 0.15) is 73.4 Å². The summed E-state index contributed by atoms with van der Waals surface area (Å²) in [6.07, 6.45) is -1.08. The number of amides is 3. The molecule has 0 saturated carbocycles. The number of hydrogen-bond acceptors (Lipinski definition) is 19. The van der Waals surface area contributed by atoms with Crippen molar-refractivity contribution in [2.75, 3.05) is 141 Å². The molecule has 0 unspecified atom stereocenters. The van der Waals surface area contributed by atoms with Crippen LogP contribution in [0.4, 0.5) is 11.4 Å². The first kappa shape index (κ1) is 56.7. The number of ketones is 2. The molecule has 25 heteroatoms. The zero-order valence-corrected chi connectivity index (χ0v) is 42.7. The van der Waals surface area contributed by atoms with Gasteiger partial charge in [0.15, 0.2) is 11.6 Å². The quantitative estimate of drug-likeness (QED) is 0.0787. The molecule has 2 aromatic carbocycles. The Labute approximate surface area is 399 Å². The van der Waals surface area contributed by atoms with E-state index in [1.807, 2.05) is 4.90 Å². The predicted molar refractivity (Wildman–Crippen MR) is 258 cm³/mol. The number of carbonyl (C=O) groups excluding carboxylic acids is 5. The van der Waals surface area contributed by atoms with E-state index in [9.17, 15) is 37.7 Å². The van der Waals surface area contributed by atoms with E-state index < -0.39 is 40.5 Å². The van der Waals surface area contributed by atoms with Gasteiger partial charge in [0, 0.05) is 74.9 Å². The highest BCUT2D eigenvalue weighted by molar-refractivity contribution is 7.54. The minimum Gasteiger partial charge on any atom is -0.383 e.